The van der Waals surface area contributed by atoms with Crippen LogP contribution in [0.4, 0.5) is 23.5 Å². The molecular weight excluding hydrogens is 420 g/mol. The van der Waals surface area contributed by atoms with E-state index in [4.69, 9.17) is 9.82 Å². The summed E-state index contributed by atoms with van der Waals surface area (Å²) in [6, 6.07) is 5.65. The number of rotatable bonds is 8. The lowest BCUT2D eigenvalue weighted by Crippen LogP contribution is -2.31. The largest absolute Gasteiger partial charge is 0.350 e. The molecule has 0 radical (unpaired) electrons. The maximum atomic E-state index is 12.2. The van der Waals surface area contributed by atoms with E-state index in [9.17, 15) is 4.79 Å². The topological polar surface area (TPSA) is 108 Å². The van der Waals surface area contributed by atoms with Crippen LogP contribution in [0.5, 0.6) is 0 Å². The maximum Gasteiger partial charge on any atom is 0.274 e. The summed E-state index contributed by atoms with van der Waals surface area (Å²) in [7, 11) is 5.50. The van der Waals surface area contributed by atoms with Crippen molar-refractivity contribution in [2.45, 2.75) is 40.2 Å². The molecule has 180 valence electrons. The van der Waals surface area contributed by atoms with E-state index in [-0.39, 0.29) is 17.4 Å². The molecule has 1 amide bonds. The van der Waals surface area contributed by atoms with Gasteiger partial charge in [-0.1, -0.05) is 26.8 Å². The third-order valence-electron chi connectivity index (χ3n) is 5.34. The predicted molar refractivity (Wildman–Crippen MR) is 131 cm³/mol. The van der Waals surface area contributed by atoms with Gasteiger partial charge in [0.2, 0.25) is 17.8 Å². The molecular formula is C23H36N8O2. The van der Waals surface area contributed by atoms with Gasteiger partial charge in [-0.3, -0.25) is 9.63 Å². The smallest absolute Gasteiger partial charge is 0.274 e. The standard InChI is InChI=1S/C23H36N8O2/c1-15-8-9-16(19(32)29-33-7)12-18(15)25-21-26-20(24-17-10-11-30(5)13-17)27-22(28-21)31(6)14-23(2,3)4/h8-9,12,17H,10-11,13-14H2,1-7H3,(H,29,32)(H2,24,25,26,27,28)/t17-/m1/s1. The number of benzene rings is 1. The number of anilines is 4. The van der Waals surface area contributed by atoms with E-state index < -0.39 is 0 Å². The molecule has 0 aliphatic carbocycles. The van der Waals surface area contributed by atoms with Gasteiger partial charge in [-0.2, -0.15) is 15.0 Å². The zero-order valence-corrected chi connectivity index (χ0v) is 20.7. The molecule has 0 bridgehead atoms. The second-order valence-electron chi connectivity index (χ2n) is 9.88. The number of hydrogen-bond acceptors (Lipinski definition) is 9. The van der Waals surface area contributed by atoms with Crippen molar-refractivity contribution in [3.8, 4) is 0 Å². The molecule has 10 heteroatoms. The second kappa shape index (κ2) is 10.3. The van der Waals surface area contributed by atoms with Crippen molar-refractivity contribution in [1.29, 1.82) is 0 Å². The van der Waals surface area contributed by atoms with Crippen molar-refractivity contribution in [3.63, 3.8) is 0 Å². The van der Waals surface area contributed by atoms with Gasteiger partial charge in [-0.25, -0.2) is 5.48 Å². The van der Waals surface area contributed by atoms with E-state index in [2.05, 4.69) is 58.8 Å². The second-order valence-corrected chi connectivity index (χ2v) is 9.88. The van der Waals surface area contributed by atoms with Gasteiger partial charge in [0.05, 0.1) is 7.11 Å². The minimum Gasteiger partial charge on any atom is -0.350 e. The Morgan fingerprint density at radius 1 is 1.24 bits per heavy atom. The first-order valence-corrected chi connectivity index (χ1v) is 11.2. The summed E-state index contributed by atoms with van der Waals surface area (Å²) in [5.74, 6) is 1.22. The van der Waals surface area contributed by atoms with Crippen molar-refractivity contribution < 1.29 is 9.63 Å². The predicted octanol–water partition coefficient (Wildman–Crippen LogP) is 2.81. The van der Waals surface area contributed by atoms with E-state index in [0.717, 1.165) is 37.3 Å². The van der Waals surface area contributed by atoms with Crippen molar-refractivity contribution in [3.05, 3.63) is 29.3 Å². The molecule has 2 heterocycles. The lowest BCUT2D eigenvalue weighted by atomic mass is 9.96. The fourth-order valence-corrected chi connectivity index (χ4v) is 3.84. The van der Waals surface area contributed by atoms with Gasteiger partial charge < -0.3 is 20.4 Å². The van der Waals surface area contributed by atoms with Gasteiger partial charge >= 0.3 is 0 Å². The Bertz CT molecular complexity index is 975. The summed E-state index contributed by atoms with van der Waals surface area (Å²) >= 11 is 0. The fourth-order valence-electron chi connectivity index (χ4n) is 3.84. The number of nitrogens with one attached hydrogen (secondary N) is 3. The SMILES string of the molecule is CONC(=O)c1ccc(C)c(Nc2nc(N[C@@H]3CCN(C)C3)nc(N(C)CC(C)(C)C)n2)c1. The quantitative estimate of drug-likeness (QED) is 0.517. The number of carbonyl (C=O) groups excluding carboxylic acids is 1. The molecule has 0 saturated carbocycles. The van der Waals surface area contributed by atoms with Gasteiger partial charge in [-0.05, 0) is 50.0 Å². The van der Waals surface area contributed by atoms with Gasteiger partial charge in [-0.15, -0.1) is 0 Å². The van der Waals surface area contributed by atoms with Crippen molar-refractivity contribution in [1.82, 2.24) is 25.3 Å². The third kappa shape index (κ3) is 7.00. The average molecular weight is 457 g/mol. The lowest BCUT2D eigenvalue weighted by Gasteiger charge is -2.27. The minimum atomic E-state index is -0.325. The van der Waals surface area contributed by atoms with Crippen molar-refractivity contribution >= 4 is 29.4 Å². The Hall–Kier alpha value is -2.98. The van der Waals surface area contributed by atoms with Crippen LogP contribution >= 0.6 is 0 Å². The molecule has 0 spiro atoms. The summed E-state index contributed by atoms with van der Waals surface area (Å²) in [4.78, 5) is 35.2. The molecule has 1 aliphatic rings. The molecule has 0 unspecified atom stereocenters. The van der Waals surface area contributed by atoms with E-state index in [1.165, 1.54) is 7.11 Å². The Morgan fingerprint density at radius 3 is 2.61 bits per heavy atom. The zero-order chi connectivity index (χ0) is 24.2. The van der Waals surface area contributed by atoms with E-state index in [1.807, 2.05) is 24.9 Å². The summed E-state index contributed by atoms with van der Waals surface area (Å²) in [5.41, 5.74) is 4.59. The number of amides is 1. The van der Waals surface area contributed by atoms with Crippen LogP contribution in [-0.2, 0) is 4.84 Å². The van der Waals surface area contributed by atoms with Crippen molar-refractivity contribution in [2.24, 2.45) is 5.41 Å². The molecule has 3 N–H and O–H groups in total. The first-order valence-electron chi connectivity index (χ1n) is 11.2. The highest BCUT2D eigenvalue weighted by Crippen LogP contribution is 2.24. The van der Waals surface area contributed by atoms with Crippen LogP contribution in [0.2, 0.25) is 0 Å². The molecule has 1 fully saturated rings. The molecule has 1 aromatic carbocycles. The van der Waals surface area contributed by atoms with Crippen LogP contribution in [0.25, 0.3) is 0 Å². The van der Waals surface area contributed by atoms with Gasteiger partial charge in [0, 0.05) is 37.4 Å². The summed E-state index contributed by atoms with van der Waals surface area (Å²) in [5, 5.41) is 6.75. The average Bonchev–Trinajstić information content (AvgIpc) is 3.13. The number of hydroxylamine groups is 1. The first-order chi connectivity index (χ1) is 15.5. The van der Waals surface area contributed by atoms with Crippen LogP contribution in [0.3, 0.4) is 0 Å². The molecule has 1 saturated heterocycles. The Balaban J connectivity index is 1.91. The number of nitrogens with zero attached hydrogens (tertiary/aromatic N) is 5. The van der Waals surface area contributed by atoms with Crippen LogP contribution in [0.1, 0.15) is 43.1 Å². The molecule has 10 nitrogen and oxygen atoms in total. The monoisotopic (exact) mass is 456 g/mol. The number of carbonyl (C=O) groups is 1. The van der Waals surface area contributed by atoms with Crippen molar-refractivity contribution in [2.75, 3.05) is 56.4 Å². The Labute approximate surface area is 196 Å². The normalized spacial score (nSPS) is 16.5. The first kappa shape index (κ1) is 24.7. The molecule has 33 heavy (non-hydrogen) atoms. The number of hydrogen-bond donors (Lipinski definition) is 3. The van der Waals surface area contributed by atoms with E-state index in [0.29, 0.717) is 23.4 Å². The summed E-state index contributed by atoms with van der Waals surface area (Å²) in [6.07, 6.45) is 1.04. The molecule has 1 aliphatic heterocycles. The number of aromatic nitrogens is 3. The Morgan fingerprint density at radius 2 is 1.97 bits per heavy atom. The highest BCUT2D eigenvalue weighted by molar-refractivity contribution is 5.94. The fraction of sp³-hybridized carbons (Fsp3) is 0.565. The van der Waals surface area contributed by atoms with E-state index >= 15 is 0 Å². The molecule has 1 atom stereocenters. The highest BCUT2D eigenvalue weighted by Gasteiger charge is 2.22. The number of likely N-dealkylation sites (N-methyl/N-ethyl adjacent to an activating group) is 1. The summed E-state index contributed by atoms with van der Waals surface area (Å²) < 4.78 is 0. The minimum absolute atomic E-state index is 0.0797. The molecule has 1 aromatic heterocycles. The maximum absolute atomic E-state index is 12.2. The number of likely N-dealkylation sites (tertiary alicyclic amines) is 1. The van der Waals surface area contributed by atoms with Gasteiger partial charge in [0.1, 0.15) is 0 Å². The molecule has 3 rings (SSSR count). The van der Waals surface area contributed by atoms with Gasteiger partial charge in [0.25, 0.3) is 5.91 Å². The third-order valence-corrected chi connectivity index (χ3v) is 5.34. The highest BCUT2D eigenvalue weighted by atomic mass is 16.6. The molecule has 2 aromatic rings. The van der Waals surface area contributed by atoms with Crippen LogP contribution < -0.4 is 21.0 Å². The van der Waals surface area contributed by atoms with Crippen LogP contribution in [0, 0.1) is 12.3 Å². The Kier molecular flexibility index (Phi) is 7.70. The van der Waals surface area contributed by atoms with Gasteiger partial charge in [0.15, 0.2) is 0 Å². The zero-order valence-electron chi connectivity index (χ0n) is 20.7. The van der Waals surface area contributed by atoms with E-state index in [1.54, 1.807) is 12.1 Å². The van der Waals surface area contributed by atoms with Crippen LogP contribution in [-0.4, -0.2) is 72.6 Å². The van der Waals surface area contributed by atoms with Crippen LogP contribution in [0.15, 0.2) is 18.2 Å². The summed E-state index contributed by atoms with van der Waals surface area (Å²) in [6.45, 7) is 11.3. The number of aryl methyl sites for hydroxylation is 1. The lowest BCUT2D eigenvalue weighted by molar-refractivity contribution is 0.0537.